The molecule has 8 nitrogen and oxygen atoms in total. The highest BCUT2D eigenvalue weighted by Crippen LogP contribution is 2.35. The van der Waals surface area contributed by atoms with Crippen molar-refractivity contribution in [3.05, 3.63) is 83.0 Å². The minimum atomic E-state index is -0.355. The van der Waals surface area contributed by atoms with E-state index in [4.69, 9.17) is 9.72 Å². The van der Waals surface area contributed by atoms with Gasteiger partial charge in [-0.15, -0.1) is 0 Å². The predicted molar refractivity (Wildman–Crippen MR) is 143 cm³/mol. The first kappa shape index (κ1) is 24.9. The number of benzene rings is 2. The first-order valence-corrected chi connectivity index (χ1v) is 12.6. The van der Waals surface area contributed by atoms with Gasteiger partial charge in [0.25, 0.3) is 5.56 Å². The summed E-state index contributed by atoms with van der Waals surface area (Å²) in [4.78, 5) is 23.4. The van der Waals surface area contributed by atoms with Crippen LogP contribution in [0.2, 0.25) is 0 Å². The highest BCUT2D eigenvalue weighted by Gasteiger charge is 2.29. The van der Waals surface area contributed by atoms with Crippen LogP contribution in [-0.2, 0) is 4.74 Å². The number of ether oxygens (including phenoxy) is 1. The predicted octanol–water partition coefficient (Wildman–Crippen LogP) is 4.27. The summed E-state index contributed by atoms with van der Waals surface area (Å²) in [6, 6.07) is 17.6. The van der Waals surface area contributed by atoms with E-state index in [0.717, 1.165) is 31.6 Å². The summed E-state index contributed by atoms with van der Waals surface area (Å²) in [6.45, 7) is 4.18. The third-order valence-electron chi connectivity index (χ3n) is 6.57. The second-order valence-corrected chi connectivity index (χ2v) is 9.27. The molecule has 4 aromatic rings. The van der Waals surface area contributed by atoms with Crippen molar-refractivity contribution in [1.29, 1.82) is 0 Å². The molecule has 1 fully saturated rings. The second-order valence-electron chi connectivity index (χ2n) is 9.27. The molecule has 1 saturated heterocycles. The molecule has 2 aromatic carbocycles. The third kappa shape index (κ3) is 5.19. The Kier molecular flexibility index (Phi) is 7.43. The molecular formula is C28H31FN6O2. The van der Waals surface area contributed by atoms with Crippen LogP contribution in [0.25, 0.3) is 28.2 Å². The molecule has 2 N–H and O–H groups in total. The Balaban J connectivity index is 1.78. The summed E-state index contributed by atoms with van der Waals surface area (Å²) in [6.07, 6.45) is 3.41. The van der Waals surface area contributed by atoms with Crippen molar-refractivity contribution in [3.8, 4) is 28.2 Å². The molecule has 192 valence electrons. The van der Waals surface area contributed by atoms with Crippen LogP contribution < -0.4 is 16.2 Å². The number of hydrogen-bond acceptors (Lipinski definition) is 6. The number of hydrogen-bond donors (Lipinski definition) is 2. The minimum absolute atomic E-state index is 0.00246. The Morgan fingerprint density at radius 1 is 1.11 bits per heavy atom. The molecule has 0 spiro atoms. The molecule has 5 rings (SSSR count). The molecule has 2 aromatic heterocycles. The van der Waals surface area contributed by atoms with Gasteiger partial charge in [-0.25, -0.2) is 19.0 Å². The van der Waals surface area contributed by atoms with Crippen molar-refractivity contribution in [2.75, 3.05) is 32.1 Å². The van der Waals surface area contributed by atoms with Crippen molar-refractivity contribution in [2.24, 2.45) is 0 Å². The van der Waals surface area contributed by atoms with Crippen LogP contribution in [0, 0.1) is 5.82 Å². The van der Waals surface area contributed by atoms with Crippen LogP contribution in [0.5, 0.6) is 0 Å². The normalized spacial score (nSPS) is 15.0. The van der Waals surface area contributed by atoms with E-state index in [2.05, 4.69) is 20.3 Å². The van der Waals surface area contributed by atoms with Gasteiger partial charge in [-0.1, -0.05) is 30.3 Å². The largest absolute Gasteiger partial charge is 0.383 e. The fourth-order valence-electron chi connectivity index (χ4n) is 4.92. The average Bonchev–Trinajstić information content (AvgIpc) is 3.23. The summed E-state index contributed by atoms with van der Waals surface area (Å²) in [5.74, 6) is 0.0935. The third-order valence-corrected chi connectivity index (χ3v) is 6.57. The fourth-order valence-corrected chi connectivity index (χ4v) is 4.92. The maximum Gasteiger partial charge on any atom is 0.280 e. The van der Waals surface area contributed by atoms with Crippen molar-refractivity contribution in [3.63, 3.8) is 0 Å². The van der Waals surface area contributed by atoms with Crippen LogP contribution in [0.4, 0.5) is 10.3 Å². The van der Waals surface area contributed by atoms with Crippen molar-refractivity contribution in [2.45, 2.75) is 31.8 Å². The Morgan fingerprint density at radius 3 is 2.54 bits per heavy atom. The van der Waals surface area contributed by atoms with Gasteiger partial charge in [-0.3, -0.25) is 9.48 Å². The molecule has 1 atom stereocenters. The summed E-state index contributed by atoms with van der Waals surface area (Å²) >= 11 is 0. The molecule has 1 aliphatic heterocycles. The van der Waals surface area contributed by atoms with Gasteiger partial charge in [-0.05, 0) is 68.8 Å². The van der Waals surface area contributed by atoms with Crippen molar-refractivity contribution >= 4 is 5.95 Å². The monoisotopic (exact) mass is 502 g/mol. The van der Waals surface area contributed by atoms with Gasteiger partial charge in [0.15, 0.2) is 0 Å². The number of rotatable bonds is 8. The summed E-state index contributed by atoms with van der Waals surface area (Å²) < 4.78 is 22.9. The van der Waals surface area contributed by atoms with Crippen LogP contribution >= 0.6 is 0 Å². The van der Waals surface area contributed by atoms with E-state index in [1.165, 1.54) is 12.1 Å². The lowest BCUT2D eigenvalue weighted by molar-refractivity contribution is 0.190. The van der Waals surface area contributed by atoms with E-state index in [1.54, 1.807) is 30.1 Å². The number of nitrogens with one attached hydrogen (secondary N) is 2. The zero-order valence-corrected chi connectivity index (χ0v) is 21.0. The number of nitrogens with zero attached hydrogens (tertiary/aromatic N) is 4. The van der Waals surface area contributed by atoms with Gasteiger partial charge in [-0.2, -0.15) is 0 Å². The molecule has 1 aliphatic rings. The first-order valence-electron chi connectivity index (χ1n) is 12.6. The standard InChI is InChI=1S/C28H31FN6O2/c1-19(18-37-2)32-28-31-17-14-24(33-28)26-25(20-8-10-21(29)11-9-20)27(36)35(22-6-4-3-5-7-22)34(26)23-12-15-30-16-13-23/h3-11,14,17,19,23,30H,12-13,15-16,18H2,1-2H3,(H,31,32,33). The van der Waals surface area contributed by atoms with E-state index in [1.807, 2.05) is 43.3 Å². The van der Waals surface area contributed by atoms with Gasteiger partial charge >= 0.3 is 0 Å². The average molecular weight is 503 g/mol. The summed E-state index contributed by atoms with van der Waals surface area (Å²) in [5, 5.41) is 6.69. The Bertz CT molecular complexity index is 1390. The second kappa shape index (κ2) is 11.1. The van der Waals surface area contributed by atoms with E-state index < -0.39 is 0 Å². The number of piperidine rings is 1. The van der Waals surface area contributed by atoms with Gasteiger partial charge in [0.05, 0.1) is 35.3 Å². The molecule has 37 heavy (non-hydrogen) atoms. The minimum Gasteiger partial charge on any atom is -0.383 e. The highest BCUT2D eigenvalue weighted by atomic mass is 19.1. The zero-order valence-electron chi connectivity index (χ0n) is 21.0. The van der Waals surface area contributed by atoms with Crippen molar-refractivity contribution < 1.29 is 9.13 Å². The smallest absolute Gasteiger partial charge is 0.280 e. The Labute approximate surface area is 215 Å². The maximum atomic E-state index is 14.2. The zero-order chi connectivity index (χ0) is 25.8. The quantitative estimate of drug-likeness (QED) is 0.374. The van der Waals surface area contributed by atoms with Gasteiger partial charge < -0.3 is 15.4 Å². The number of para-hydroxylation sites is 1. The SMILES string of the molecule is COCC(C)Nc1nccc(-c2c(-c3ccc(F)cc3)c(=O)n(-c3ccccc3)n2C2CCNCC2)n1. The molecule has 9 heteroatoms. The molecular weight excluding hydrogens is 471 g/mol. The first-order chi connectivity index (χ1) is 18.1. The van der Waals surface area contributed by atoms with Crippen LogP contribution in [0.3, 0.4) is 0 Å². The number of halogens is 1. The van der Waals surface area contributed by atoms with Crippen molar-refractivity contribution in [1.82, 2.24) is 24.6 Å². The number of aromatic nitrogens is 4. The Morgan fingerprint density at radius 2 is 1.84 bits per heavy atom. The van der Waals surface area contributed by atoms with Gasteiger partial charge in [0, 0.05) is 19.3 Å². The van der Waals surface area contributed by atoms with Crippen LogP contribution in [0.1, 0.15) is 25.8 Å². The molecule has 0 amide bonds. The lowest BCUT2D eigenvalue weighted by atomic mass is 10.0. The molecule has 0 aliphatic carbocycles. The van der Waals surface area contributed by atoms with E-state index >= 15 is 0 Å². The number of anilines is 1. The van der Waals surface area contributed by atoms with E-state index in [0.29, 0.717) is 35.1 Å². The number of methoxy groups -OCH3 is 1. The maximum absolute atomic E-state index is 14.2. The van der Waals surface area contributed by atoms with Gasteiger partial charge in [0.2, 0.25) is 5.95 Å². The fraction of sp³-hybridized carbons (Fsp3) is 0.321. The molecule has 0 radical (unpaired) electrons. The lowest BCUT2D eigenvalue weighted by Crippen LogP contribution is -2.33. The lowest BCUT2D eigenvalue weighted by Gasteiger charge is -2.28. The summed E-state index contributed by atoms with van der Waals surface area (Å²) in [5.41, 5.74) is 3.02. The van der Waals surface area contributed by atoms with Crippen LogP contribution in [-0.4, -0.2) is 52.2 Å². The molecule has 3 heterocycles. The van der Waals surface area contributed by atoms with Gasteiger partial charge in [0.1, 0.15) is 5.82 Å². The van der Waals surface area contributed by atoms with E-state index in [-0.39, 0.29) is 23.5 Å². The van der Waals surface area contributed by atoms with E-state index in [9.17, 15) is 9.18 Å². The molecule has 1 unspecified atom stereocenters. The molecule has 0 saturated carbocycles. The molecule has 0 bridgehead atoms. The van der Waals surface area contributed by atoms with Crippen LogP contribution in [0.15, 0.2) is 71.7 Å². The topological polar surface area (TPSA) is 86.0 Å². The summed E-state index contributed by atoms with van der Waals surface area (Å²) in [7, 11) is 1.65. The Hall–Kier alpha value is -3.82. The highest BCUT2D eigenvalue weighted by molar-refractivity contribution is 5.80.